The first-order valence-corrected chi connectivity index (χ1v) is 8.47. The van der Waals surface area contributed by atoms with Gasteiger partial charge in [-0.2, -0.15) is 5.26 Å². The second-order valence-corrected chi connectivity index (χ2v) is 6.81. The van der Waals surface area contributed by atoms with E-state index in [2.05, 4.69) is 19.2 Å². The lowest BCUT2D eigenvalue weighted by Gasteiger charge is -2.35. The van der Waals surface area contributed by atoms with Gasteiger partial charge in [0.2, 0.25) is 0 Å². The van der Waals surface area contributed by atoms with Crippen molar-refractivity contribution in [3.8, 4) is 11.8 Å². The van der Waals surface area contributed by atoms with Crippen LogP contribution < -0.4 is 10.1 Å². The van der Waals surface area contributed by atoms with Gasteiger partial charge in [-0.3, -0.25) is 4.79 Å². The summed E-state index contributed by atoms with van der Waals surface area (Å²) in [5.74, 6) is 1.38. The van der Waals surface area contributed by atoms with E-state index in [1.54, 1.807) is 19.1 Å². The first-order chi connectivity index (χ1) is 10.9. The van der Waals surface area contributed by atoms with Crippen molar-refractivity contribution < 1.29 is 9.53 Å². The summed E-state index contributed by atoms with van der Waals surface area (Å²) in [5.41, 5.74) is 0.462. The van der Waals surface area contributed by atoms with Gasteiger partial charge in [0.05, 0.1) is 16.7 Å². The average molecular weight is 335 g/mol. The molecular weight excluding hydrogens is 312 g/mol. The number of nitriles is 1. The molecule has 1 aliphatic rings. The fourth-order valence-corrected chi connectivity index (χ4v) is 3.22. The van der Waals surface area contributed by atoms with Gasteiger partial charge in [-0.15, -0.1) is 0 Å². The first-order valence-electron chi connectivity index (χ1n) is 8.09. The molecule has 23 heavy (non-hydrogen) atoms. The van der Waals surface area contributed by atoms with Crippen molar-refractivity contribution in [3.05, 3.63) is 28.8 Å². The minimum absolute atomic E-state index is 0.128. The fourth-order valence-electron chi connectivity index (χ4n) is 3.00. The summed E-state index contributed by atoms with van der Waals surface area (Å²) in [4.78, 5) is 12.4. The molecule has 1 aromatic rings. The molecule has 0 heterocycles. The highest BCUT2D eigenvalue weighted by Crippen LogP contribution is 2.30. The van der Waals surface area contributed by atoms with Crippen LogP contribution in [-0.2, 0) is 4.79 Å². The zero-order chi connectivity index (χ0) is 17.0. The molecule has 124 valence electrons. The molecule has 1 saturated carbocycles. The van der Waals surface area contributed by atoms with Crippen molar-refractivity contribution in [3.63, 3.8) is 0 Å². The van der Waals surface area contributed by atoms with Crippen LogP contribution in [0.1, 0.15) is 45.6 Å². The maximum absolute atomic E-state index is 12.4. The number of nitrogens with one attached hydrogen (secondary N) is 1. The molecular formula is C18H23ClN2O2. The van der Waals surface area contributed by atoms with Crippen molar-refractivity contribution in [1.29, 1.82) is 5.26 Å². The average Bonchev–Trinajstić information content (AvgIpc) is 2.53. The molecule has 1 fully saturated rings. The van der Waals surface area contributed by atoms with E-state index < -0.39 is 6.10 Å². The molecule has 1 aliphatic carbocycles. The van der Waals surface area contributed by atoms with Gasteiger partial charge in [0.15, 0.2) is 6.10 Å². The summed E-state index contributed by atoms with van der Waals surface area (Å²) in [6, 6.07) is 6.99. The lowest BCUT2D eigenvalue weighted by atomic mass is 9.78. The van der Waals surface area contributed by atoms with Crippen molar-refractivity contribution in [2.24, 2.45) is 11.8 Å². The van der Waals surface area contributed by atoms with E-state index in [9.17, 15) is 4.79 Å². The van der Waals surface area contributed by atoms with Crippen LogP contribution in [0.5, 0.6) is 5.75 Å². The Morgan fingerprint density at radius 2 is 2.17 bits per heavy atom. The zero-order valence-corrected chi connectivity index (χ0v) is 14.6. The molecule has 0 unspecified atom stereocenters. The third-order valence-electron chi connectivity index (χ3n) is 4.77. The summed E-state index contributed by atoms with van der Waals surface area (Å²) in [7, 11) is 0. The van der Waals surface area contributed by atoms with Crippen LogP contribution in [0.25, 0.3) is 0 Å². The van der Waals surface area contributed by atoms with Crippen molar-refractivity contribution in [2.45, 2.75) is 52.2 Å². The molecule has 2 rings (SSSR count). The highest BCUT2D eigenvalue weighted by molar-refractivity contribution is 6.32. The van der Waals surface area contributed by atoms with E-state index in [1.807, 2.05) is 6.07 Å². The monoisotopic (exact) mass is 334 g/mol. The van der Waals surface area contributed by atoms with Crippen LogP contribution in [-0.4, -0.2) is 18.1 Å². The lowest BCUT2D eigenvalue weighted by Crippen LogP contribution is -2.48. The van der Waals surface area contributed by atoms with E-state index in [4.69, 9.17) is 21.6 Å². The molecule has 0 saturated heterocycles. The van der Waals surface area contributed by atoms with E-state index >= 15 is 0 Å². The Kier molecular flexibility index (Phi) is 5.90. The summed E-state index contributed by atoms with van der Waals surface area (Å²) >= 11 is 6.08. The number of benzene rings is 1. The van der Waals surface area contributed by atoms with E-state index in [-0.39, 0.29) is 11.9 Å². The minimum Gasteiger partial charge on any atom is -0.479 e. The molecule has 1 aromatic carbocycles. The molecule has 4 nitrogen and oxygen atoms in total. The second-order valence-electron chi connectivity index (χ2n) is 6.40. The maximum Gasteiger partial charge on any atom is 0.261 e. The van der Waals surface area contributed by atoms with Crippen LogP contribution in [0.15, 0.2) is 18.2 Å². The Morgan fingerprint density at radius 3 is 2.83 bits per heavy atom. The Bertz CT molecular complexity index is 612. The number of carbonyl (C=O) groups excluding carboxylic acids is 1. The lowest BCUT2D eigenvalue weighted by molar-refractivity contribution is -0.128. The number of halogens is 1. The molecule has 1 amide bonds. The predicted molar refractivity (Wildman–Crippen MR) is 90.4 cm³/mol. The van der Waals surface area contributed by atoms with Crippen LogP contribution in [0, 0.1) is 23.2 Å². The number of hydrogen-bond acceptors (Lipinski definition) is 3. The van der Waals surface area contributed by atoms with E-state index in [0.717, 1.165) is 12.8 Å². The normalized spacial score (nSPS) is 25.3. The fraction of sp³-hybridized carbons (Fsp3) is 0.556. The van der Waals surface area contributed by atoms with Gasteiger partial charge in [0, 0.05) is 6.04 Å². The smallest absolute Gasteiger partial charge is 0.261 e. The van der Waals surface area contributed by atoms with E-state index in [1.165, 1.54) is 12.5 Å². The summed E-state index contributed by atoms with van der Waals surface area (Å²) in [6.07, 6.45) is 2.75. The topological polar surface area (TPSA) is 62.1 Å². The van der Waals surface area contributed by atoms with Gasteiger partial charge in [0.1, 0.15) is 5.75 Å². The van der Waals surface area contributed by atoms with Crippen molar-refractivity contribution in [2.75, 3.05) is 0 Å². The minimum atomic E-state index is -0.634. The highest BCUT2D eigenvalue weighted by atomic mass is 35.5. The zero-order valence-electron chi connectivity index (χ0n) is 13.8. The molecule has 5 heteroatoms. The molecule has 0 spiro atoms. The number of hydrogen-bond donors (Lipinski definition) is 1. The summed E-state index contributed by atoms with van der Waals surface area (Å²) in [6.45, 7) is 6.14. The number of ether oxygens (including phenoxy) is 1. The first kappa shape index (κ1) is 17.6. The third-order valence-corrected chi connectivity index (χ3v) is 5.06. The Balaban J connectivity index is 1.96. The Morgan fingerprint density at radius 1 is 1.43 bits per heavy atom. The maximum atomic E-state index is 12.4. The van der Waals surface area contributed by atoms with Crippen LogP contribution in [0.2, 0.25) is 5.02 Å². The summed E-state index contributed by atoms with van der Waals surface area (Å²) < 4.78 is 5.66. The van der Waals surface area contributed by atoms with Crippen molar-refractivity contribution in [1.82, 2.24) is 5.32 Å². The molecule has 0 bridgehead atoms. The van der Waals surface area contributed by atoms with E-state index in [0.29, 0.717) is 28.2 Å². The molecule has 0 radical (unpaired) electrons. The van der Waals surface area contributed by atoms with Gasteiger partial charge < -0.3 is 10.1 Å². The largest absolute Gasteiger partial charge is 0.479 e. The van der Waals surface area contributed by atoms with Gasteiger partial charge in [0.25, 0.3) is 5.91 Å². The number of carbonyl (C=O) groups is 1. The second kappa shape index (κ2) is 7.70. The van der Waals surface area contributed by atoms with Gasteiger partial charge >= 0.3 is 0 Å². The molecule has 0 aromatic heterocycles. The van der Waals surface area contributed by atoms with Gasteiger partial charge in [-0.05, 0) is 43.4 Å². The van der Waals surface area contributed by atoms with Crippen LogP contribution in [0.4, 0.5) is 0 Å². The standard InChI is InChI=1S/C18H23ClN2O2/c1-11-5-4-6-16(12(11)2)21-18(22)13(3)23-17-8-7-14(10-20)9-15(17)19/h7-9,11-13,16H,4-6H2,1-3H3,(H,21,22)/t11-,12+,13+,16+/m0/s1. The molecule has 4 atom stereocenters. The van der Waals surface area contributed by atoms with Crippen molar-refractivity contribution >= 4 is 17.5 Å². The van der Waals surface area contributed by atoms with Gasteiger partial charge in [-0.1, -0.05) is 38.3 Å². The van der Waals surface area contributed by atoms with Crippen LogP contribution >= 0.6 is 11.6 Å². The number of nitrogens with zero attached hydrogens (tertiary/aromatic N) is 1. The number of rotatable bonds is 4. The number of amides is 1. The third kappa shape index (κ3) is 4.39. The highest BCUT2D eigenvalue weighted by Gasteiger charge is 2.29. The quantitative estimate of drug-likeness (QED) is 0.907. The molecule has 1 N–H and O–H groups in total. The predicted octanol–water partition coefficient (Wildman–Crippen LogP) is 3.92. The Labute approximate surface area is 142 Å². The van der Waals surface area contributed by atoms with Crippen LogP contribution in [0.3, 0.4) is 0 Å². The molecule has 0 aliphatic heterocycles. The summed E-state index contributed by atoms with van der Waals surface area (Å²) in [5, 5.41) is 12.3. The SMILES string of the molecule is C[C@@H]1[C@@H](C)CCC[C@H]1NC(=O)[C@@H](C)Oc1ccc(C#N)cc1Cl. The Hall–Kier alpha value is -1.73. The van der Waals surface area contributed by atoms with Gasteiger partial charge in [-0.25, -0.2) is 0 Å².